The predicted octanol–water partition coefficient (Wildman–Crippen LogP) is 2.30. The van der Waals surface area contributed by atoms with Gasteiger partial charge in [-0.3, -0.25) is 4.90 Å². The molecule has 1 aromatic carbocycles. The fourth-order valence-electron chi connectivity index (χ4n) is 2.91. The second-order valence-electron chi connectivity index (χ2n) is 5.97. The Morgan fingerprint density at radius 1 is 1.20 bits per heavy atom. The largest absolute Gasteiger partial charge is 0.368 e. The topological polar surface area (TPSA) is 66.7 Å². The number of sulfone groups is 1. The van der Waals surface area contributed by atoms with Crippen molar-refractivity contribution in [2.75, 3.05) is 31.1 Å². The van der Waals surface area contributed by atoms with Crippen LogP contribution < -0.4 is 4.90 Å². The molecule has 3 rings (SSSR count). The molecule has 0 N–H and O–H groups in total. The summed E-state index contributed by atoms with van der Waals surface area (Å²) in [4.78, 5) is 3.67. The average molecular weight is 371 g/mol. The van der Waals surface area contributed by atoms with Crippen molar-refractivity contribution in [1.29, 1.82) is 0 Å². The molecule has 1 aliphatic rings. The van der Waals surface area contributed by atoms with Crippen LogP contribution in [0.1, 0.15) is 11.5 Å². The Bertz CT molecular complexity index is 831. The first-order valence-electron chi connectivity index (χ1n) is 7.88. The van der Waals surface area contributed by atoms with E-state index in [1.807, 2.05) is 17.9 Å². The van der Waals surface area contributed by atoms with E-state index >= 15 is 0 Å². The van der Waals surface area contributed by atoms with Crippen LogP contribution in [0.25, 0.3) is 0 Å². The van der Waals surface area contributed by atoms with Crippen molar-refractivity contribution in [2.45, 2.75) is 24.1 Å². The number of nitrogens with zero attached hydrogens (tertiary/aromatic N) is 3. The maximum atomic E-state index is 12.9. The quantitative estimate of drug-likeness (QED) is 0.804. The van der Waals surface area contributed by atoms with Gasteiger partial charge in [0.25, 0.3) is 0 Å². The van der Waals surface area contributed by atoms with Gasteiger partial charge in [-0.2, -0.15) is 8.78 Å². The number of rotatable bonds is 5. The third-order valence-electron chi connectivity index (χ3n) is 4.18. The Balaban J connectivity index is 1.71. The molecule has 1 saturated heterocycles. The molecule has 0 amide bonds. The fourth-order valence-corrected chi connectivity index (χ4v) is 3.86. The number of piperazine rings is 1. The van der Waals surface area contributed by atoms with E-state index in [1.165, 1.54) is 12.1 Å². The molecule has 0 unspecified atom stereocenters. The highest BCUT2D eigenvalue weighted by atomic mass is 32.2. The van der Waals surface area contributed by atoms with E-state index in [9.17, 15) is 17.2 Å². The molecule has 0 radical (unpaired) electrons. The minimum atomic E-state index is -4.63. The van der Waals surface area contributed by atoms with Crippen LogP contribution in [0.5, 0.6) is 0 Å². The molecular formula is C16H19F2N3O3S. The normalized spacial score (nSPS) is 16.6. The minimum absolute atomic E-state index is 0.315. The highest BCUT2D eigenvalue weighted by Gasteiger charge is 2.31. The number of aromatic nitrogens is 1. The van der Waals surface area contributed by atoms with Gasteiger partial charge < -0.3 is 9.42 Å². The smallest absolute Gasteiger partial charge is 0.341 e. The SMILES string of the molecule is Cc1cc(CN2CCN(c3ccccc3S(=O)(=O)C(F)F)CC2)on1. The van der Waals surface area contributed by atoms with Crippen LogP contribution in [0.3, 0.4) is 0 Å². The number of halogens is 2. The molecule has 0 bridgehead atoms. The van der Waals surface area contributed by atoms with Gasteiger partial charge in [-0.05, 0) is 19.1 Å². The summed E-state index contributed by atoms with van der Waals surface area (Å²) in [5, 5.41) is 3.85. The summed E-state index contributed by atoms with van der Waals surface area (Å²) in [5.41, 5.74) is 1.15. The molecule has 136 valence electrons. The molecule has 0 spiro atoms. The summed E-state index contributed by atoms with van der Waals surface area (Å²) >= 11 is 0. The number of alkyl halides is 2. The van der Waals surface area contributed by atoms with Gasteiger partial charge in [-0.25, -0.2) is 8.42 Å². The predicted molar refractivity (Wildman–Crippen MR) is 88.4 cm³/mol. The van der Waals surface area contributed by atoms with Crippen LogP contribution in [0.2, 0.25) is 0 Å². The molecule has 0 atom stereocenters. The lowest BCUT2D eigenvalue weighted by Crippen LogP contribution is -2.46. The highest BCUT2D eigenvalue weighted by molar-refractivity contribution is 7.91. The summed E-state index contributed by atoms with van der Waals surface area (Å²) < 4.78 is 54.8. The summed E-state index contributed by atoms with van der Waals surface area (Å²) in [7, 11) is -4.63. The van der Waals surface area contributed by atoms with Crippen LogP contribution in [0, 0.1) is 6.92 Å². The summed E-state index contributed by atoms with van der Waals surface area (Å²) in [6.45, 7) is 4.90. The third-order valence-corrected chi connectivity index (χ3v) is 5.60. The molecule has 1 aliphatic heterocycles. The van der Waals surface area contributed by atoms with E-state index in [1.54, 1.807) is 12.1 Å². The standard InChI is InChI=1S/C16H19F2N3O3S/c1-12-10-13(24-19-12)11-20-6-8-21(9-7-20)14-4-2-3-5-15(14)25(22,23)16(17)18/h2-5,10,16H,6-9,11H2,1H3. The minimum Gasteiger partial charge on any atom is -0.368 e. The highest BCUT2D eigenvalue weighted by Crippen LogP contribution is 2.29. The molecule has 1 fully saturated rings. The maximum Gasteiger partial charge on any atom is 0.341 e. The van der Waals surface area contributed by atoms with Crippen molar-refractivity contribution in [3.8, 4) is 0 Å². The molecule has 25 heavy (non-hydrogen) atoms. The lowest BCUT2D eigenvalue weighted by atomic mass is 10.2. The number of hydrogen-bond donors (Lipinski definition) is 0. The number of para-hydroxylation sites is 1. The summed E-state index contributed by atoms with van der Waals surface area (Å²) in [6.07, 6.45) is 0. The maximum absolute atomic E-state index is 12.9. The Morgan fingerprint density at radius 2 is 1.88 bits per heavy atom. The van der Waals surface area contributed by atoms with Crippen LogP contribution in [-0.4, -0.2) is 50.4 Å². The van der Waals surface area contributed by atoms with Crippen LogP contribution in [-0.2, 0) is 16.4 Å². The Kier molecular flexibility index (Phi) is 5.05. The Labute approximate surface area is 144 Å². The second kappa shape index (κ2) is 7.09. The zero-order valence-electron chi connectivity index (χ0n) is 13.7. The molecule has 1 aromatic heterocycles. The van der Waals surface area contributed by atoms with Crippen LogP contribution in [0.4, 0.5) is 14.5 Å². The Hall–Kier alpha value is -2.00. The molecule has 2 heterocycles. The van der Waals surface area contributed by atoms with E-state index in [-0.39, 0.29) is 4.90 Å². The first-order valence-corrected chi connectivity index (χ1v) is 9.43. The first kappa shape index (κ1) is 17.8. The van der Waals surface area contributed by atoms with Gasteiger partial charge in [-0.15, -0.1) is 0 Å². The van der Waals surface area contributed by atoms with Gasteiger partial charge in [0.05, 0.1) is 22.8 Å². The van der Waals surface area contributed by atoms with Crippen molar-refractivity contribution < 1.29 is 21.7 Å². The molecule has 2 aromatic rings. The molecule has 9 heteroatoms. The van der Waals surface area contributed by atoms with Gasteiger partial charge in [0.2, 0.25) is 9.84 Å². The lowest BCUT2D eigenvalue weighted by Gasteiger charge is -2.36. The van der Waals surface area contributed by atoms with Crippen molar-refractivity contribution in [3.05, 3.63) is 41.8 Å². The van der Waals surface area contributed by atoms with Crippen LogP contribution in [0.15, 0.2) is 39.8 Å². The van der Waals surface area contributed by atoms with Crippen LogP contribution >= 0.6 is 0 Å². The van der Waals surface area contributed by atoms with Gasteiger partial charge in [-0.1, -0.05) is 17.3 Å². The van der Waals surface area contributed by atoms with Crippen molar-refractivity contribution in [1.82, 2.24) is 10.1 Å². The van der Waals surface area contributed by atoms with E-state index in [2.05, 4.69) is 10.1 Å². The fraction of sp³-hybridized carbons (Fsp3) is 0.438. The number of benzene rings is 1. The zero-order chi connectivity index (χ0) is 18.0. The summed E-state index contributed by atoms with van der Waals surface area (Å²) in [6, 6.07) is 7.80. The molecule has 0 saturated carbocycles. The number of anilines is 1. The lowest BCUT2D eigenvalue weighted by molar-refractivity contribution is 0.219. The second-order valence-corrected chi connectivity index (χ2v) is 7.86. The third kappa shape index (κ3) is 3.82. The van der Waals surface area contributed by atoms with Crippen molar-refractivity contribution in [2.24, 2.45) is 0 Å². The molecule has 6 nitrogen and oxygen atoms in total. The van der Waals surface area contributed by atoms with Gasteiger partial charge >= 0.3 is 5.76 Å². The first-order chi connectivity index (χ1) is 11.9. The zero-order valence-corrected chi connectivity index (χ0v) is 14.5. The van der Waals surface area contributed by atoms with Gasteiger partial charge in [0.15, 0.2) is 5.76 Å². The van der Waals surface area contributed by atoms with E-state index in [4.69, 9.17) is 4.52 Å². The Morgan fingerprint density at radius 3 is 2.48 bits per heavy atom. The average Bonchev–Trinajstić information content (AvgIpc) is 3.00. The number of aryl methyl sites for hydroxylation is 1. The summed E-state index contributed by atoms with van der Waals surface area (Å²) in [5.74, 6) is -2.66. The van der Waals surface area contributed by atoms with Crippen molar-refractivity contribution >= 4 is 15.5 Å². The number of hydrogen-bond acceptors (Lipinski definition) is 6. The van der Waals surface area contributed by atoms with E-state index in [0.29, 0.717) is 38.4 Å². The van der Waals surface area contributed by atoms with Gasteiger partial charge in [0.1, 0.15) is 0 Å². The van der Waals surface area contributed by atoms with E-state index < -0.39 is 15.6 Å². The monoisotopic (exact) mass is 371 g/mol. The molecule has 0 aliphatic carbocycles. The molecular weight excluding hydrogens is 352 g/mol. The van der Waals surface area contributed by atoms with Gasteiger partial charge in [0, 0.05) is 32.2 Å². The van der Waals surface area contributed by atoms with E-state index in [0.717, 1.165) is 11.5 Å². The van der Waals surface area contributed by atoms with Crippen molar-refractivity contribution in [3.63, 3.8) is 0 Å².